The molecule has 0 unspecified atom stereocenters. The van der Waals surface area contributed by atoms with E-state index >= 15 is 0 Å². The Morgan fingerprint density at radius 3 is 2.44 bits per heavy atom. The van der Waals surface area contributed by atoms with E-state index in [0.717, 1.165) is 5.56 Å². The van der Waals surface area contributed by atoms with Crippen LogP contribution in [-0.4, -0.2) is 34.5 Å². The lowest BCUT2D eigenvalue weighted by molar-refractivity contribution is -0.115. The number of anilines is 1. The van der Waals surface area contributed by atoms with Gasteiger partial charge >= 0.3 is 0 Å². The van der Waals surface area contributed by atoms with Crippen molar-refractivity contribution in [2.24, 2.45) is 5.14 Å². The molecular weight excluding hydrogens is 342 g/mol. The second-order valence-electron chi connectivity index (χ2n) is 5.36. The number of methoxy groups -OCH3 is 1. The Balaban J connectivity index is 1.76. The first-order valence-electron chi connectivity index (χ1n) is 7.65. The van der Waals surface area contributed by atoms with Gasteiger partial charge in [0.25, 0.3) is 0 Å². The Hall–Kier alpha value is -2.42. The Bertz CT molecular complexity index is 820. The quantitative estimate of drug-likeness (QED) is 0.609. The molecule has 4 N–H and O–H groups in total. The second-order valence-corrected chi connectivity index (χ2v) is 6.93. The van der Waals surface area contributed by atoms with Crippen molar-refractivity contribution >= 4 is 21.6 Å². The van der Waals surface area contributed by atoms with Crippen LogP contribution in [0, 0.1) is 0 Å². The minimum Gasteiger partial charge on any atom is -0.495 e. The molecule has 0 aliphatic heterocycles. The van der Waals surface area contributed by atoms with Gasteiger partial charge in [0.05, 0.1) is 24.2 Å². The number of sulfonamides is 1. The summed E-state index contributed by atoms with van der Waals surface area (Å²) in [5.74, 6) is 0.430. The van der Waals surface area contributed by atoms with Crippen LogP contribution < -0.4 is 20.5 Å². The third-order valence-corrected chi connectivity index (χ3v) is 4.44. The predicted molar refractivity (Wildman–Crippen MR) is 96.0 cm³/mol. The van der Waals surface area contributed by atoms with Gasteiger partial charge in [-0.1, -0.05) is 24.3 Å². The highest BCUT2D eigenvalue weighted by Crippen LogP contribution is 2.22. The first kappa shape index (κ1) is 18.9. The van der Waals surface area contributed by atoms with Crippen molar-refractivity contribution in [2.75, 3.05) is 25.5 Å². The molecule has 2 aromatic carbocycles. The number of hydrogen-bond donors (Lipinski definition) is 3. The molecule has 25 heavy (non-hydrogen) atoms. The van der Waals surface area contributed by atoms with Gasteiger partial charge in [0.2, 0.25) is 15.9 Å². The topological polar surface area (TPSA) is 111 Å². The zero-order valence-corrected chi connectivity index (χ0v) is 14.7. The fourth-order valence-corrected chi connectivity index (χ4v) is 2.74. The van der Waals surface area contributed by atoms with Crippen molar-refractivity contribution in [1.82, 2.24) is 5.32 Å². The molecule has 0 saturated carbocycles. The summed E-state index contributed by atoms with van der Waals surface area (Å²) in [6.07, 6.45) is 0.660. The molecular formula is C17H21N3O4S. The minimum atomic E-state index is -3.67. The smallest absolute Gasteiger partial charge is 0.238 e. The number of carbonyl (C=O) groups is 1. The molecule has 8 heteroatoms. The van der Waals surface area contributed by atoms with Gasteiger partial charge in [0, 0.05) is 0 Å². The third kappa shape index (κ3) is 5.86. The molecule has 0 bridgehead atoms. The van der Waals surface area contributed by atoms with Crippen LogP contribution in [0.2, 0.25) is 0 Å². The SMILES string of the molecule is COc1ccccc1NC(=O)CNCCc1ccc(S(N)(=O)=O)cc1. The van der Waals surface area contributed by atoms with Gasteiger partial charge in [0.1, 0.15) is 5.75 Å². The number of rotatable bonds is 8. The molecule has 0 aliphatic rings. The van der Waals surface area contributed by atoms with Crippen LogP contribution in [0.15, 0.2) is 53.4 Å². The number of nitrogens with one attached hydrogen (secondary N) is 2. The van der Waals surface area contributed by atoms with Crippen LogP contribution in [-0.2, 0) is 21.2 Å². The number of hydrogen-bond acceptors (Lipinski definition) is 5. The van der Waals surface area contributed by atoms with Crippen LogP contribution >= 0.6 is 0 Å². The molecule has 0 atom stereocenters. The monoisotopic (exact) mass is 363 g/mol. The molecule has 0 heterocycles. The summed E-state index contributed by atoms with van der Waals surface area (Å²) >= 11 is 0. The van der Waals surface area contributed by atoms with Crippen LogP contribution in [0.5, 0.6) is 5.75 Å². The van der Waals surface area contributed by atoms with E-state index in [4.69, 9.17) is 9.88 Å². The number of ether oxygens (including phenoxy) is 1. The van der Waals surface area contributed by atoms with Crippen molar-refractivity contribution in [3.63, 3.8) is 0 Å². The molecule has 0 spiro atoms. The summed E-state index contributed by atoms with van der Waals surface area (Å²) in [6, 6.07) is 13.5. The highest BCUT2D eigenvalue weighted by Gasteiger charge is 2.08. The van der Waals surface area contributed by atoms with E-state index in [-0.39, 0.29) is 17.3 Å². The zero-order valence-electron chi connectivity index (χ0n) is 13.9. The largest absolute Gasteiger partial charge is 0.495 e. The van der Waals surface area contributed by atoms with Crippen molar-refractivity contribution in [2.45, 2.75) is 11.3 Å². The highest BCUT2D eigenvalue weighted by molar-refractivity contribution is 7.89. The van der Waals surface area contributed by atoms with Gasteiger partial charge in [-0.25, -0.2) is 13.6 Å². The van der Waals surface area contributed by atoms with E-state index in [0.29, 0.717) is 24.4 Å². The summed E-state index contributed by atoms with van der Waals surface area (Å²) in [5.41, 5.74) is 1.57. The van der Waals surface area contributed by atoms with Crippen molar-refractivity contribution < 1.29 is 17.9 Å². The van der Waals surface area contributed by atoms with Gasteiger partial charge in [-0.05, 0) is 42.8 Å². The number of para-hydroxylation sites is 2. The molecule has 0 aromatic heterocycles. The maximum absolute atomic E-state index is 11.9. The number of amides is 1. The maximum Gasteiger partial charge on any atom is 0.238 e. The lowest BCUT2D eigenvalue weighted by atomic mass is 10.1. The Morgan fingerprint density at radius 2 is 1.80 bits per heavy atom. The molecule has 7 nitrogen and oxygen atoms in total. The Labute approximate surface area is 147 Å². The number of primary sulfonamides is 1. The minimum absolute atomic E-state index is 0.0837. The van der Waals surface area contributed by atoms with Crippen LogP contribution in [0.3, 0.4) is 0 Å². The van der Waals surface area contributed by atoms with Crippen molar-refractivity contribution in [3.8, 4) is 5.75 Å². The standard InChI is InChI=1S/C17H21N3O4S/c1-24-16-5-3-2-4-15(16)20-17(21)12-19-11-10-13-6-8-14(9-7-13)25(18,22)23/h2-9,19H,10-12H2,1H3,(H,20,21)(H2,18,22,23). The molecule has 2 aromatic rings. The van der Waals surface area contributed by atoms with E-state index in [1.807, 2.05) is 12.1 Å². The normalized spacial score (nSPS) is 11.1. The Kier molecular flexibility index (Phi) is 6.51. The van der Waals surface area contributed by atoms with Crippen LogP contribution in [0.4, 0.5) is 5.69 Å². The highest BCUT2D eigenvalue weighted by atomic mass is 32.2. The van der Waals surface area contributed by atoms with E-state index in [9.17, 15) is 13.2 Å². The molecule has 1 amide bonds. The lowest BCUT2D eigenvalue weighted by Gasteiger charge is -2.10. The second kappa shape index (κ2) is 8.61. The van der Waals surface area contributed by atoms with E-state index in [1.54, 1.807) is 31.4 Å². The molecule has 0 fully saturated rings. The average molecular weight is 363 g/mol. The van der Waals surface area contributed by atoms with Gasteiger partial charge < -0.3 is 15.4 Å². The van der Waals surface area contributed by atoms with Gasteiger partial charge in [0.15, 0.2) is 0 Å². The Morgan fingerprint density at radius 1 is 1.12 bits per heavy atom. The molecule has 0 saturated heterocycles. The first-order valence-corrected chi connectivity index (χ1v) is 9.20. The number of benzene rings is 2. The lowest BCUT2D eigenvalue weighted by Crippen LogP contribution is -2.29. The van der Waals surface area contributed by atoms with E-state index in [2.05, 4.69) is 10.6 Å². The van der Waals surface area contributed by atoms with E-state index in [1.165, 1.54) is 12.1 Å². The molecule has 0 aliphatic carbocycles. The predicted octanol–water partition coefficient (Wildman–Crippen LogP) is 1.11. The van der Waals surface area contributed by atoms with Crippen LogP contribution in [0.1, 0.15) is 5.56 Å². The summed E-state index contributed by atoms with van der Waals surface area (Å²) in [4.78, 5) is 12.0. The zero-order chi connectivity index (χ0) is 18.3. The van der Waals surface area contributed by atoms with Crippen LogP contribution in [0.25, 0.3) is 0 Å². The molecule has 0 radical (unpaired) electrons. The average Bonchev–Trinajstić information content (AvgIpc) is 2.59. The fourth-order valence-electron chi connectivity index (χ4n) is 2.22. The van der Waals surface area contributed by atoms with Crippen molar-refractivity contribution in [1.29, 1.82) is 0 Å². The first-order chi connectivity index (χ1) is 11.9. The van der Waals surface area contributed by atoms with Crippen molar-refractivity contribution in [3.05, 3.63) is 54.1 Å². The molecule has 134 valence electrons. The summed E-state index contributed by atoms with van der Waals surface area (Å²) in [5, 5.41) is 10.9. The summed E-state index contributed by atoms with van der Waals surface area (Å²) < 4.78 is 27.6. The summed E-state index contributed by atoms with van der Waals surface area (Å²) in [7, 11) is -2.12. The van der Waals surface area contributed by atoms with E-state index < -0.39 is 10.0 Å². The van der Waals surface area contributed by atoms with Gasteiger partial charge in [-0.15, -0.1) is 0 Å². The molecule has 2 rings (SSSR count). The third-order valence-electron chi connectivity index (χ3n) is 3.51. The number of carbonyl (C=O) groups excluding carboxylic acids is 1. The number of nitrogens with two attached hydrogens (primary N) is 1. The summed E-state index contributed by atoms with van der Waals surface area (Å²) in [6.45, 7) is 0.737. The van der Waals surface area contributed by atoms with Gasteiger partial charge in [-0.3, -0.25) is 4.79 Å². The maximum atomic E-state index is 11.9. The fraction of sp³-hybridized carbons (Fsp3) is 0.235. The van der Waals surface area contributed by atoms with Gasteiger partial charge in [-0.2, -0.15) is 0 Å².